The molecule has 0 aliphatic rings. The summed E-state index contributed by atoms with van der Waals surface area (Å²) in [6.45, 7) is 0.452. The monoisotopic (exact) mass is 345 g/mol. The molecule has 0 spiro atoms. The van der Waals surface area contributed by atoms with Gasteiger partial charge in [-0.2, -0.15) is 0 Å². The summed E-state index contributed by atoms with van der Waals surface area (Å²) in [7, 11) is 3.18. The van der Waals surface area contributed by atoms with Crippen LogP contribution in [0.25, 0.3) is 0 Å². The summed E-state index contributed by atoms with van der Waals surface area (Å²) >= 11 is 18.3. The van der Waals surface area contributed by atoms with Gasteiger partial charge in [-0.05, 0) is 24.3 Å². The SMILES string of the molecule is COc1ccc(NCc2c(Cl)ccc(Cl)c2Cl)cc1OC. The zero-order valence-electron chi connectivity index (χ0n) is 11.5. The zero-order valence-corrected chi connectivity index (χ0v) is 13.8. The number of hydrogen-bond acceptors (Lipinski definition) is 3. The number of rotatable bonds is 5. The van der Waals surface area contributed by atoms with Crippen molar-refractivity contribution in [2.45, 2.75) is 6.54 Å². The van der Waals surface area contributed by atoms with Gasteiger partial charge in [0.15, 0.2) is 11.5 Å². The quantitative estimate of drug-likeness (QED) is 0.747. The molecular weight excluding hydrogens is 333 g/mol. The maximum Gasteiger partial charge on any atom is 0.162 e. The maximum absolute atomic E-state index is 6.17. The fraction of sp³-hybridized carbons (Fsp3) is 0.200. The average molecular weight is 347 g/mol. The van der Waals surface area contributed by atoms with Crippen LogP contribution in [-0.2, 0) is 6.54 Å². The summed E-state index contributed by atoms with van der Waals surface area (Å²) in [5.74, 6) is 1.31. The summed E-state index contributed by atoms with van der Waals surface area (Å²) in [5.41, 5.74) is 1.61. The first-order valence-electron chi connectivity index (χ1n) is 6.15. The fourth-order valence-electron chi connectivity index (χ4n) is 1.87. The van der Waals surface area contributed by atoms with Gasteiger partial charge in [0.1, 0.15) is 0 Å². The number of halogens is 3. The summed E-state index contributed by atoms with van der Waals surface area (Å²) in [6.07, 6.45) is 0. The van der Waals surface area contributed by atoms with Crippen molar-refractivity contribution in [2.75, 3.05) is 19.5 Å². The van der Waals surface area contributed by atoms with Crippen molar-refractivity contribution in [1.29, 1.82) is 0 Å². The molecule has 0 unspecified atom stereocenters. The molecule has 1 N–H and O–H groups in total. The Balaban J connectivity index is 2.19. The van der Waals surface area contributed by atoms with E-state index >= 15 is 0 Å². The van der Waals surface area contributed by atoms with E-state index in [4.69, 9.17) is 44.3 Å². The molecule has 0 aliphatic carbocycles. The Morgan fingerprint density at radius 1 is 0.905 bits per heavy atom. The second-order valence-corrected chi connectivity index (χ2v) is 5.44. The first-order valence-corrected chi connectivity index (χ1v) is 7.28. The highest BCUT2D eigenvalue weighted by Gasteiger charge is 2.10. The third-order valence-electron chi connectivity index (χ3n) is 2.99. The molecule has 21 heavy (non-hydrogen) atoms. The van der Waals surface area contributed by atoms with Gasteiger partial charge in [0, 0.05) is 28.9 Å². The topological polar surface area (TPSA) is 30.5 Å². The maximum atomic E-state index is 6.17. The average Bonchev–Trinajstić information content (AvgIpc) is 2.50. The van der Waals surface area contributed by atoms with Gasteiger partial charge in [0.25, 0.3) is 0 Å². The van der Waals surface area contributed by atoms with Crippen LogP contribution in [0.3, 0.4) is 0 Å². The molecule has 112 valence electrons. The molecule has 0 amide bonds. The van der Waals surface area contributed by atoms with Gasteiger partial charge in [0.2, 0.25) is 0 Å². The highest BCUT2D eigenvalue weighted by Crippen LogP contribution is 2.33. The molecule has 0 saturated heterocycles. The third kappa shape index (κ3) is 3.67. The molecular formula is C15H14Cl3NO2. The summed E-state index contributed by atoms with van der Waals surface area (Å²) in [5, 5.41) is 4.73. The first-order chi connectivity index (χ1) is 10.1. The zero-order chi connectivity index (χ0) is 15.4. The number of ether oxygens (including phenoxy) is 2. The van der Waals surface area contributed by atoms with Crippen molar-refractivity contribution in [1.82, 2.24) is 0 Å². The molecule has 6 heteroatoms. The van der Waals surface area contributed by atoms with Crippen molar-refractivity contribution in [3.63, 3.8) is 0 Å². The lowest BCUT2D eigenvalue weighted by molar-refractivity contribution is 0.355. The molecule has 2 aromatic rings. The Labute approximate surface area is 138 Å². The Bertz CT molecular complexity index is 647. The van der Waals surface area contributed by atoms with E-state index < -0.39 is 0 Å². The Hall–Kier alpha value is -1.29. The predicted octanol–water partition coefficient (Wildman–Crippen LogP) is 5.28. The largest absolute Gasteiger partial charge is 0.493 e. The van der Waals surface area contributed by atoms with Crippen LogP contribution in [0.4, 0.5) is 5.69 Å². The smallest absolute Gasteiger partial charge is 0.162 e. The molecule has 0 bridgehead atoms. The van der Waals surface area contributed by atoms with E-state index in [-0.39, 0.29) is 0 Å². The van der Waals surface area contributed by atoms with Crippen LogP contribution in [0.15, 0.2) is 30.3 Å². The number of benzene rings is 2. The summed E-state index contributed by atoms with van der Waals surface area (Å²) < 4.78 is 10.5. The Morgan fingerprint density at radius 2 is 1.57 bits per heavy atom. The van der Waals surface area contributed by atoms with Crippen LogP contribution in [-0.4, -0.2) is 14.2 Å². The Morgan fingerprint density at radius 3 is 2.24 bits per heavy atom. The van der Waals surface area contributed by atoms with Crippen molar-refractivity contribution in [3.05, 3.63) is 51.0 Å². The van der Waals surface area contributed by atoms with Crippen LogP contribution < -0.4 is 14.8 Å². The predicted molar refractivity (Wildman–Crippen MR) is 88.3 cm³/mol. The number of nitrogens with one attached hydrogen (secondary N) is 1. The minimum Gasteiger partial charge on any atom is -0.493 e. The van der Waals surface area contributed by atoms with Crippen LogP contribution in [0.2, 0.25) is 15.1 Å². The van der Waals surface area contributed by atoms with E-state index in [9.17, 15) is 0 Å². The molecule has 0 aromatic heterocycles. The van der Waals surface area contributed by atoms with Crippen molar-refractivity contribution in [3.8, 4) is 11.5 Å². The van der Waals surface area contributed by atoms with E-state index in [2.05, 4.69) is 5.32 Å². The molecule has 0 aliphatic heterocycles. The van der Waals surface area contributed by atoms with Crippen LogP contribution in [0.1, 0.15) is 5.56 Å². The summed E-state index contributed by atoms with van der Waals surface area (Å²) in [6, 6.07) is 8.94. The fourth-order valence-corrected chi connectivity index (χ4v) is 2.55. The minimum absolute atomic E-state index is 0.452. The lowest BCUT2D eigenvalue weighted by Gasteiger charge is -2.13. The van der Waals surface area contributed by atoms with Gasteiger partial charge in [-0.25, -0.2) is 0 Å². The highest BCUT2D eigenvalue weighted by atomic mass is 35.5. The van der Waals surface area contributed by atoms with E-state index in [0.29, 0.717) is 33.1 Å². The number of anilines is 1. The van der Waals surface area contributed by atoms with E-state index in [1.54, 1.807) is 26.4 Å². The van der Waals surface area contributed by atoms with Crippen molar-refractivity contribution >= 4 is 40.5 Å². The van der Waals surface area contributed by atoms with E-state index in [1.807, 2.05) is 18.2 Å². The van der Waals surface area contributed by atoms with Gasteiger partial charge < -0.3 is 14.8 Å². The molecule has 0 saturated carbocycles. The minimum atomic E-state index is 0.452. The van der Waals surface area contributed by atoms with Gasteiger partial charge in [-0.1, -0.05) is 34.8 Å². The molecule has 3 nitrogen and oxygen atoms in total. The lowest BCUT2D eigenvalue weighted by Crippen LogP contribution is -2.02. The van der Waals surface area contributed by atoms with Gasteiger partial charge >= 0.3 is 0 Å². The second kappa shape index (κ2) is 7.12. The van der Waals surface area contributed by atoms with E-state index in [1.165, 1.54) is 0 Å². The van der Waals surface area contributed by atoms with E-state index in [0.717, 1.165) is 11.3 Å². The molecule has 0 atom stereocenters. The molecule has 0 fully saturated rings. The summed E-state index contributed by atoms with van der Waals surface area (Å²) in [4.78, 5) is 0. The molecule has 0 heterocycles. The third-order valence-corrected chi connectivity index (χ3v) is 4.19. The first kappa shape index (κ1) is 16.1. The van der Waals surface area contributed by atoms with Crippen LogP contribution >= 0.6 is 34.8 Å². The lowest BCUT2D eigenvalue weighted by atomic mass is 10.2. The number of methoxy groups -OCH3 is 2. The number of hydrogen-bond donors (Lipinski definition) is 1. The van der Waals surface area contributed by atoms with Crippen molar-refractivity contribution < 1.29 is 9.47 Å². The van der Waals surface area contributed by atoms with Crippen LogP contribution in [0, 0.1) is 0 Å². The standard InChI is InChI=1S/C15H14Cl3NO2/c1-20-13-6-3-9(7-14(13)21-2)19-8-10-11(16)4-5-12(17)15(10)18/h3-7,19H,8H2,1-2H3. The van der Waals surface area contributed by atoms with Gasteiger partial charge in [-0.15, -0.1) is 0 Å². The highest BCUT2D eigenvalue weighted by molar-refractivity contribution is 6.44. The van der Waals surface area contributed by atoms with Crippen molar-refractivity contribution in [2.24, 2.45) is 0 Å². The van der Waals surface area contributed by atoms with Gasteiger partial charge in [-0.3, -0.25) is 0 Å². The second-order valence-electron chi connectivity index (χ2n) is 4.25. The molecule has 0 radical (unpaired) electrons. The van der Waals surface area contributed by atoms with Gasteiger partial charge in [0.05, 0.1) is 24.3 Å². The normalized spacial score (nSPS) is 10.3. The Kier molecular flexibility index (Phi) is 5.45. The molecule has 2 aromatic carbocycles. The molecule has 2 rings (SSSR count). The van der Waals surface area contributed by atoms with Crippen LogP contribution in [0.5, 0.6) is 11.5 Å².